The molecular weight excluding hydrogens is 711 g/mol. The molecule has 0 spiro atoms. The molecule has 10 aromatic carbocycles. The largest absolute Gasteiger partial charge is 0.310 e. The number of benzene rings is 10. The maximum atomic E-state index is 2.39. The van der Waals surface area contributed by atoms with E-state index < -0.39 is 0 Å². The van der Waals surface area contributed by atoms with Crippen LogP contribution in [0.25, 0.3) is 77.5 Å². The zero-order valence-electron chi connectivity index (χ0n) is 32.6. The Hall–Kier alpha value is -7.74. The molecule has 0 aliphatic rings. The van der Waals surface area contributed by atoms with Gasteiger partial charge in [-0.1, -0.05) is 218 Å². The van der Waals surface area contributed by atoms with Gasteiger partial charge < -0.3 is 4.90 Å². The van der Waals surface area contributed by atoms with Crippen molar-refractivity contribution < 1.29 is 0 Å². The van der Waals surface area contributed by atoms with Gasteiger partial charge in [0.2, 0.25) is 0 Å². The standard InChI is InChI=1S/C58H41N/c1-4-18-42(19-5-1)52-27-12-13-29-56(52)58-54(45-22-8-3-9-23-45)31-17-32-55(58)47-36-40-49(41-37-47)59(57-33-15-14-28-53(57)44-20-6-2-7-21-44)48-38-34-46(35-39-48)51-30-16-25-43-24-10-11-26-50(43)51/h1-41H. The van der Waals surface area contributed by atoms with E-state index in [1.165, 1.54) is 72.0 Å². The molecule has 0 radical (unpaired) electrons. The highest BCUT2D eigenvalue weighted by Gasteiger charge is 2.20. The van der Waals surface area contributed by atoms with Crippen LogP contribution in [0.5, 0.6) is 0 Å². The molecule has 0 aromatic heterocycles. The van der Waals surface area contributed by atoms with Crippen LogP contribution in [0, 0.1) is 0 Å². The summed E-state index contributed by atoms with van der Waals surface area (Å²) in [5, 5.41) is 2.50. The lowest BCUT2D eigenvalue weighted by Gasteiger charge is -2.28. The number of nitrogens with zero attached hydrogens (tertiary/aromatic N) is 1. The fourth-order valence-corrected chi connectivity index (χ4v) is 8.53. The zero-order chi connectivity index (χ0) is 39.4. The fourth-order valence-electron chi connectivity index (χ4n) is 8.53. The van der Waals surface area contributed by atoms with E-state index in [-0.39, 0.29) is 0 Å². The maximum Gasteiger partial charge on any atom is 0.0540 e. The van der Waals surface area contributed by atoms with Crippen LogP contribution in [0.3, 0.4) is 0 Å². The molecule has 0 atom stereocenters. The van der Waals surface area contributed by atoms with Crippen molar-refractivity contribution >= 4 is 27.8 Å². The Morgan fingerprint density at radius 1 is 0.220 bits per heavy atom. The molecule has 0 unspecified atom stereocenters. The van der Waals surface area contributed by atoms with Crippen LogP contribution in [-0.4, -0.2) is 0 Å². The Morgan fingerprint density at radius 3 is 1.20 bits per heavy atom. The average Bonchev–Trinajstić information content (AvgIpc) is 3.33. The number of rotatable bonds is 9. The Labute approximate surface area is 346 Å². The minimum atomic E-state index is 1.08. The van der Waals surface area contributed by atoms with Crippen molar-refractivity contribution in [3.05, 3.63) is 249 Å². The molecule has 0 bridgehead atoms. The van der Waals surface area contributed by atoms with E-state index in [2.05, 4.69) is 254 Å². The van der Waals surface area contributed by atoms with Crippen molar-refractivity contribution in [2.45, 2.75) is 0 Å². The number of para-hydroxylation sites is 1. The zero-order valence-corrected chi connectivity index (χ0v) is 32.6. The summed E-state index contributed by atoms with van der Waals surface area (Å²) >= 11 is 0. The fraction of sp³-hybridized carbons (Fsp3) is 0. The molecule has 0 heterocycles. The van der Waals surface area contributed by atoms with Gasteiger partial charge in [-0.3, -0.25) is 0 Å². The molecule has 0 amide bonds. The van der Waals surface area contributed by atoms with Gasteiger partial charge in [0, 0.05) is 16.9 Å². The summed E-state index contributed by atoms with van der Waals surface area (Å²) in [5.74, 6) is 0. The second-order valence-corrected chi connectivity index (χ2v) is 14.8. The molecule has 1 nitrogen and oxygen atoms in total. The molecule has 0 N–H and O–H groups in total. The second-order valence-electron chi connectivity index (χ2n) is 14.8. The third-order valence-electron chi connectivity index (χ3n) is 11.3. The summed E-state index contributed by atoms with van der Waals surface area (Å²) < 4.78 is 0. The van der Waals surface area contributed by atoms with Crippen molar-refractivity contribution in [3.63, 3.8) is 0 Å². The predicted molar refractivity (Wildman–Crippen MR) is 251 cm³/mol. The van der Waals surface area contributed by atoms with Crippen molar-refractivity contribution in [2.24, 2.45) is 0 Å². The van der Waals surface area contributed by atoms with Gasteiger partial charge in [0.05, 0.1) is 5.69 Å². The lowest BCUT2D eigenvalue weighted by Crippen LogP contribution is -2.11. The molecule has 0 saturated carbocycles. The van der Waals surface area contributed by atoms with Gasteiger partial charge in [-0.15, -0.1) is 0 Å². The molecule has 0 aliphatic carbocycles. The maximum absolute atomic E-state index is 2.39. The average molecular weight is 752 g/mol. The van der Waals surface area contributed by atoms with Crippen LogP contribution < -0.4 is 4.90 Å². The smallest absolute Gasteiger partial charge is 0.0540 e. The second kappa shape index (κ2) is 16.0. The van der Waals surface area contributed by atoms with Gasteiger partial charge >= 0.3 is 0 Å². The summed E-state index contributed by atoms with van der Waals surface area (Å²) in [4.78, 5) is 2.39. The lowest BCUT2D eigenvalue weighted by atomic mass is 9.84. The van der Waals surface area contributed by atoms with Gasteiger partial charge in [-0.25, -0.2) is 0 Å². The van der Waals surface area contributed by atoms with Crippen molar-refractivity contribution in [1.82, 2.24) is 0 Å². The first-order valence-electron chi connectivity index (χ1n) is 20.3. The molecule has 59 heavy (non-hydrogen) atoms. The number of anilines is 3. The van der Waals surface area contributed by atoms with Gasteiger partial charge in [-0.2, -0.15) is 0 Å². The van der Waals surface area contributed by atoms with Gasteiger partial charge in [0.15, 0.2) is 0 Å². The molecule has 0 fully saturated rings. The van der Waals surface area contributed by atoms with Crippen LogP contribution in [0.4, 0.5) is 17.1 Å². The molecule has 0 saturated heterocycles. The summed E-state index contributed by atoms with van der Waals surface area (Å²) in [6.07, 6.45) is 0. The number of hydrogen-bond donors (Lipinski definition) is 0. The van der Waals surface area contributed by atoms with E-state index in [0.717, 1.165) is 22.6 Å². The predicted octanol–water partition coefficient (Wildman–Crippen LogP) is 16.3. The Kier molecular flexibility index (Phi) is 9.68. The van der Waals surface area contributed by atoms with Crippen molar-refractivity contribution in [2.75, 3.05) is 4.90 Å². The molecule has 0 aliphatic heterocycles. The molecular formula is C58H41N. The van der Waals surface area contributed by atoms with Crippen LogP contribution in [0.2, 0.25) is 0 Å². The monoisotopic (exact) mass is 751 g/mol. The highest BCUT2D eigenvalue weighted by Crippen LogP contribution is 2.46. The highest BCUT2D eigenvalue weighted by atomic mass is 15.1. The quantitative estimate of drug-likeness (QED) is 0.142. The molecule has 10 rings (SSSR count). The first-order valence-corrected chi connectivity index (χ1v) is 20.3. The summed E-state index contributed by atoms with van der Waals surface area (Å²) in [6, 6.07) is 89.8. The van der Waals surface area contributed by atoms with E-state index in [0.29, 0.717) is 0 Å². The van der Waals surface area contributed by atoms with Crippen LogP contribution in [0.1, 0.15) is 0 Å². The normalized spacial score (nSPS) is 11.1. The topological polar surface area (TPSA) is 3.24 Å². The minimum Gasteiger partial charge on any atom is -0.310 e. The Balaban J connectivity index is 1.12. The van der Waals surface area contributed by atoms with Crippen molar-refractivity contribution in [3.8, 4) is 66.8 Å². The van der Waals surface area contributed by atoms with E-state index in [1.54, 1.807) is 0 Å². The first kappa shape index (κ1) is 35.7. The minimum absolute atomic E-state index is 1.08. The number of hydrogen-bond acceptors (Lipinski definition) is 1. The lowest BCUT2D eigenvalue weighted by molar-refractivity contribution is 1.28. The summed E-state index contributed by atoms with van der Waals surface area (Å²) in [7, 11) is 0. The third-order valence-corrected chi connectivity index (χ3v) is 11.3. The Morgan fingerprint density at radius 2 is 0.593 bits per heavy atom. The van der Waals surface area contributed by atoms with E-state index in [9.17, 15) is 0 Å². The molecule has 278 valence electrons. The van der Waals surface area contributed by atoms with E-state index in [4.69, 9.17) is 0 Å². The summed E-state index contributed by atoms with van der Waals surface area (Å²) in [5.41, 5.74) is 17.7. The molecule has 10 aromatic rings. The van der Waals surface area contributed by atoms with Crippen molar-refractivity contribution in [1.29, 1.82) is 0 Å². The van der Waals surface area contributed by atoms with Gasteiger partial charge in [0.1, 0.15) is 0 Å². The third kappa shape index (κ3) is 7.01. The van der Waals surface area contributed by atoms with Gasteiger partial charge in [-0.05, 0) is 102 Å². The van der Waals surface area contributed by atoms with Crippen LogP contribution >= 0.6 is 0 Å². The number of fused-ring (bicyclic) bond motifs is 1. The highest BCUT2D eigenvalue weighted by molar-refractivity contribution is 6.00. The Bertz CT molecular complexity index is 3000. The SMILES string of the molecule is c1ccc(-c2ccccc2-c2c(-c3ccccc3)cccc2-c2ccc(N(c3ccc(-c4cccc5ccccc45)cc3)c3ccccc3-c3ccccc3)cc2)cc1. The van der Waals surface area contributed by atoms with Crippen LogP contribution in [0.15, 0.2) is 249 Å². The van der Waals surface area contributed by atoms with E-state index >= 15 is 0 Å². The van der Waals surface area contributed by atoms with Gasteiger partial charge in [0.25, 0.3) is 0 Å². The molecule has 1 heteroatoms. The first-order chi connectivity index (χ1) is 29.3. The summed E-state index contributed by atoms with van der Waals surface area (Å²) in [6.45, 7) is 0. The van der Waals surface area contributed by atoms with E-state index in [1.807, 2.05) is 0 Å². The van der Waals surface area contributed by atoms with Crippen LogP contribution in [-0.2, 0) is 0 Å².